The van der Waals surface area contributed by atoms with Gasteiger partial charge in [-0.2, -0.15) is 13.2 Å². The zero-order valence-electron chi connectivity index (χ0n) is 13.0. The van der Waals surface area contributed by atoms with Crippen LogP contribution in [-0.4, -0.2) is 41.5 Å². The van der Waals surface area contributed by atoms with Gasteiger partial charge in [0.15, 0.2) is 11.9 Å². The van der Waals surface area contributed by atoms with Crippen LogP contribution in [0.15, 0.2) is 6.20 Å². The van der Waals surface area contributed by atoms with E-state index in [0.29, 0.717) is 6.20 Å². The number of aromatic nitrogens is 1. The minimum absolute atomic E-state index is 0.177. The van der Waals surface area contributed by atoms with E-state index in [1.165, 1.54) is 0 Å². The fraction of sp³-hybridized carbons (Fsp3) is 0.667. The number of aliphatic hydroxyl groups is 1. The first kappa shape index (κ1) is 17.8. The van der Waals surface area contributed by atoms with E-state index in [-0.39, 0.29) is 19.0 Å². The van der Waals surface area contributed by atoms with Crippen LogP contribution in [0.2, 0.25) is 0 Å². The van der Waals surface area contributed by atoms with Crippen LogP contribution in [0.1, 0.15) is 35.8 Å². The summed E-state index contributed by atoms with van der Waals surface area (Å²) in [6.45, 7) is -0.354. The molecule has 2 heterocycles. The van der Waals surface area contributed by atoms with Crippen molar-refractivity contribution < 1.29 is 45.7 Å². The van der Waals surface area contributed by atoms with Crippen molar-refractivity contribution in [2.45, 2.75) is 49.1 Å². The summed E-state index contributed by atoms with van der Waals surface area (Å²) in [5, 5.41) is 10.2. The summed E-state index contributed by atoms with van der Waals surface area (Å²) >= 11 is 0. The molecular weight excluding hydrogens is 372 g/mol. The van der Waals surface area contributed by atoms with Gasteiger partial charge in [-0.3, -0.25) is 0 Å². The second-order valence-corrected chi connectivity index (χ2v) is 6.47. The van der Waals surface area contributed by atoms with Gasteiger partial charge in [0, 0.05) is 18.4 Å². The number of alkyl halides is 6. The standard InChI is InChI=1S/C15H13F6NO4/c16-11-10(23)8-7(26-6-3-13(17,18)4-6)5-22-12(15(19,20)21)9(8)14(11)24-1-2-25-14/h5-6,10-11,23H,1-4H2/t10-,11-/m1/s1. The maximum Gasteiger partial charge on any atom is 0.433 e. The average Bonchev–Trinajstić information content (AvgIpc) is 3.07. The Hall–Kier alpha value is -1.59. The van der Waals surface area contributed by atoms with Gasteiger partial charge in [-0.05, 0) is 0 Å². The van der Waals surface area contributed by atoms with Crippen LogP contribution in [0.25, 0.3) is 0 Å². The topological polar surface area (TPSA) is 60.8 Å². The van der Waals surface area contributed by atoms with Crippen molar-refractivity contribution in [2.24, 2.45) is 0 Å². The molecule has 0 unspecified atom stereocenters. The van der Waals surface area contributed by atoms with Crippen LogP contribution in [0.5, 0.6) is 5.75 Å². The number of hydrogen-bond donors (Lipinski definition) is 1. The second kappa shape index (κ2) is 5.46. The molecule has 1 saturated carbocycles. The van der Waals surface area contributed by atoms with Gasteiger partial charge in [0.05, 0.1) is 25.0 Å². The second-order valence-electron chi connectivity index (χ2n) is 6.47. The molecule has 0 radical (unpaired) electrons. The van der Waals surface area contributed by atoms with Crippen molar-refractivity contribution in [2.75, 3.05) is 13.2 Å². The molecule has 1 aromatic rings. The summed E-state index contributed by atoms with van der Waals surface area (Å²) in [6.07, 6.45) is -10.9. The summed E-state index contributed by atoms with van der Waals surface area (Å²) in [5.41, 5.74) is -2.80. The molecule has 1 saturated heterocycles. The number of pyridine rings is 1. The van der Waals surface area contributed by atoms with Gasteiger partial charge >= 0.3 is 6.18 Å². The summed E-state index contributed by atoms with van der Waals surface area (Å²) in [4.78, 5) is 3.28. The Morgan fingerprint density at radius 1 is 1.19 bits per heavy atom. The van der Waals surface area contributed by atoms with E-state index < -0.39 is 65.9 Å². The van der Waals surface area contributed by atoms with Crippen LogP contribution in [0.4, 0.5) is 26.3 Å². The van der Waals surface area contributed by atoms with E-state index in [4.69, 9.17) is 14.2 Å². The molecule has 0 aromatic carbocycles. The highest BCUT2D eigenvalue weighted by Gasteiger charge is 2.62. The summed E-state index contributed by atoms with van der Waals surface area (Å²) in [7, 11) is 0. The molecule has 4 rings (SSSR count). The largest absolute Gasteiger partial charge is 0.488 e. The molecule has 1 N–H and O–H groups in total. The average molecular weight is 385 g/mol. The van der Waals surface area contributed by atoms with Crippen molar-refractivity contribution in [1.82, 2.24) is 4.98 Å². The highest BCUT2D eigenvalue weighted by molar-refractivity contribution is 5.51. The number of fused-ring (bicyclic) bond motifs is 2. The van der Waals surface area contributed by atoms with Crippen LogP contribution in [0.3, 0.4) is 0 Å². The van der Waals surface area contributed by atoms with Gasteiger partial charge in [-0.15, -0.1) is 0 Å². The van der Waals surface area contributed by atoms with Crippen molar-refractivity contribution in [3.63, 3.8) is 0 Å². The fourth-order valence-corrected chi connectivity index (χ4v) is 3.56. The Kier molecular flexibility index (Phi) is 3.74. The minimum Gasteiger partial charge on any atom is -0.488 e. The first-order valence-electron chi connectivity index (χ1n) is 7.80. The zero-order valence-corrected chi connectivity index (χ0v) is 13.0. The number of hydrogen-bond acceptors (Lipinski definition) is 5. The first-order valence-corrected chi connectivity index (χ1v) is 7.80. The van der Waals surface area contributed by atoms with Gasteiger partial charge in [-0.25, -0.2) is 18.2 Å². The third-order valence-electron chi connectivity index (χ3n) is 4.70. The van der Waals surface area contributed by atoms with Gasteiger partial charge in [0.2, 0.25) is 5.79 Å². The Morgan fingerprint density at radius 2 is 1.81 bits per heavy atom. The number of halogens is 6. The molecule has 1 aromatic heterocycles. The van der Waals surface area contributed by atoms with E-state index in [1.54, 1.807) is 0 Å². The quantitative estimate of drug-likeness (QED) is 0.794. The molecule has 2 aliphatic carbocycles. The molecule has 2 fully saturated rings. The lowest BCUT2D eigenvalue weighted by molar-refractivity contribution is -0.222. The highest BCUT2D eigenvalue weighted by atomic mass is 19.4. The zero-order chi connectivity index (χ0) is 18.9. The molecule has 26 heavy (non-hydrogen) atoms. The Labute approximate surface area is 142 Å². The van der Waals surface area contributed by atoms with Crippen molar-refractivity contribution in [3.8, 4) is 5.75 Å². The smallest absolute Gasteiger partial charge is 0.433 e. The van der Waals surface area contributed by atoms with E-state index in [1.807, 2.05) is 0 Å². The van der Waals surface area contributed by atoms with Gasteiger partial charge in [-0.1, -0.05) is 0 Å². The van der Waals surface area contributed by atoms with Crippen LogP contribution < -0.4 is 4.74 Å². The van der Waals surface area contributed by atoms with Crippen molar-refractivity contribution in [1.29, 1.82) is 0 Å². The monoisotopic (exact) mass is 385 g/mol. The third kappa shape index (κ3) is 2.48. The SMILES string of the molecule is O[C@@H]1c2c(OC3CC(F)(F)C3)cnc(C(F)(F)F)c2C2(OCCO2)[C@@H]1F. The van der Waals surface area contributed by atoms with Gasteiger partial charge in [0.25, 0.3) is 5.92 Å². The van der Waals surface area contributed by atoms with E-state index in [9.17, 15) is 31.4 Å². The van der Waals surface area contributed by atoms with Gasteiger partial charge in [0.1, 0.15) is 18.0 Å². The molecule has 144 valence electrons. The Bertz CT molecular complexity index is 726. The van der Waals surface area contributed by atoms with Crippen LogP contribution >= 0.6 is 0 Å². The summed E-state index contributed by atoms with van der Waals surface area (Å²) in [6, 6.07) is 0. The van der Waals surface area contributed by atoms with E-state index >= 15 is 0 Å². The number of nitrogens with zero attached hydrogens (tertiary/aromatic N) is 1. The Morgan fingerprint density at radius 3 is 2.35 bits per heavy atom. The molecule has 2 atom stereocenters. The van der Waals surface area contributed by atoms with Crippen molar-refractivity contribution in [3.05, 3.63) is 23.0 Å². The van der Waals surface area contributed by atoms with Crippen LogP contribution in [-0.2, 0) is 21.4 Å². The number of rotatable bonds is 2. The molecule has 5 nitrogen and oxygen atoms in total. The maximum absolute atomic E-state index is 14.7. The normalized spacial score (nSPS) is 29.7. The molecule has 0 bridgehead atoms. The molecule has 11 heteroatoms. The number of ether oxygens (including phenoxy) is 3. The molecule has 0 amide bonds. The predicted molar refractivity (Wildman–Crippen MR) is 71.3 cm³/mol. The van der Waals surface area contributed by atoms with Crippen molar-refractivity contribution >= 4 is 0 Å². The highest BCUT2D eigenvalue weighted by Crippen LogP contribution is 2.56. The number of aliphatic hydroxyl groups excluding tert-OH is 1. The van der Waals surface area contributed by atoms with Gasteiger partial charge < -0.3 is 19.3 Å². The molecular formula is C15H13F6NO4. The fourth-order valence-electron chi connectivity index (χ4n) is 3.56. The first-order chi connectivity index (χ1) is 12.1. The lowest BCUT2D eigenvalue weighted by atomic mass is 9.91. The molecule has 1 aliphatic heterocycles. The maximum atomic E-state index is 14.7. The lowest BCUT2D eigenvalue weighted by Gasteiger charge is -2.35. The molecule has 3 aliphatic rings. The van der Waals surface area contributed by atoms with E-state index in [0.717, 1.165) is 0 Å². The lowest BCUT2D eigenvalue weighted by Crippen LogP contribution is -2.43. The van der Waals surface area contributed by atoms with Crippen LogP contribution in [0, 0.1) is 0 Å². The minimum atomic E-state index is -4.97. The summed E-state index contributed by atoms with van der Waals surface area (Å²) < 4.78 is 96.3. The Balaban J connectivity index is 1.82. The summed E-state index contributed by atoms with van der Waals surface area (Å²) in [5.74, 6) is -5.76. The van der Waals surface area contributed by atoms with E-state index in [2.05, 4.69) is 4.98 Å². The molecule has 1 spiro atoms. The predicted octanol–water partition coefficient (Wildman–Crippen LogP) is 2.86. The third-order valence-corrected chi connectivity index (χ3v) is 4.70.